The maximum atomic E-state index is 6.65. The predicted octanol–water partition coefficient (Wildman–Crippen LogP) is 8.94. The predicted molar refractivity (Wildman–Crippen MR) is 157 cm³/mol. The molecule has 0 radical (unpaired) electrons. The molecule has 4 aromatic heterocycles. The van der Waals surface area contributed by atoms with Crippen LogP contribution in [0.5, 0.6) is 0 Å². The molecule has 0 bridgehead atoms. The molecule has 1 N–H and O–H groups in total. The molecule has 0 amide bonds. The van der Waals surface area contributed by atoms with Crippen molar-refractivity contribution < 1.29 is 4.42 Å². The fourth-order valence-electron chi connectivity index (χ4n) is 6.65. The molecule has 10 rings (SSSR count). The van der Waals surface area contributed by atoms with Gasteiger partial charge in [0.15, 0.2) is 5.82 Å². The van der Waals surface area contributed by atoms with Crippen molar-refractivity contribution in [1.82, 2.24) is 4.40 Å². The highest BCUT2D eigenvalue weighted by Crippen LogP contribution is 2.53. The quantitative estimate of drug-likeness (QED) is 0.230. The number of furan rings is 1. The van der Waals surface area contributed by atoms with Crippen LogP contribution >= 0.6 is 11.3 Å². The van der Waals surface area contributed by atoms with E-state index in [1.807, 2.05) is 11.3 Å². The molecule has 1 aliphatic heterocycles. The Balaban J connectivity index is 1.56. The Labute approximate surface area is 213 Å². The molecule has 2 aliphatic rings. The first-order chi connectivity index (χ1) is 18.4. The topological polar surface area (TPSA) is 41.9 Å². The molecule has 172 valence electrons. The summed E-state index contributed by atoms with van der Waals surface area (Å²) in [6.07, 6.45) is 8.46. The van der Waals surface area contributed by atoms with Crippen LogP contribution in [-0.2, 0) is 0 Å². The number of rotatable bonds is 0. The number of benzene rings is 4. The molecule has 1 aliphatic carbocycles. The minimum atomic E-state index is 0.101. The summed E-state index contributed by atoms with van der Waals surface area (Å²) in [5.41, 5.74) is 6.52. The van der Waals surface area contributed by atoms with Crippen LogP contribution < -0.4 is 5.32 Å². The van der Waals surface area contributed by atoms with E-state index < -0.39 is 0 Å². The van der Waals surface area contributed by atoms with Gasteiger partial charge in [-0.3, -0.25) is 4.40 Å². The summed E-state index contributed by atoms with van der Waals surface area (Å²) in [6, 6.07) is 23.9. The summed E-state index contributed by atoms with van der Waals surface area (Å²) in [6.45, 7) is 0. The highest BCUT2D eigenvalue weighted by Gasteiger charge is 2.31. The Morgan fingerprint density at radius 1 is 0.784 bits per heavy atom. The molecule has 8 aromatic rings. The minimum Gasteiger partial charge on any atom is -0.455 e. The molecule has 0 saturated carbocycles. The van der Waals surface area contributed by atoms with Crippen LogP contribution in [0.25, 0.3) is 69.3 Å². The van der Waals surface area contributed by atoms with Gasteiger partial charge in [-0.1, -0.05) is 72.8 Å². The average molecular weight is 492 g/mol. The largest absolute Gasteiger partial charge is 0.455 e. The zero-order valence-electron chi connectivity index (χ0n) is 19.4. The van der Waals surface area contributed by atoms with Gasteiger partial charge < -0.3 is 9.73 Å². The number of hydrogen-bond acceptors (Lipinski definition) is 4. The van der Waals surface area contributed by atoms with Crippen LogP contribution in [-0.4, -0.2) is 16.2 Å². The van der Waals surface area contributed by atoms with Gasteiger partial charge >= 0.3 is 0 Å². The summed E-state index contributed by atoms with van der Waals surface area (Å²) < 4.78 is 11.6. The van der Waals surface area contributed by atoms with E-state index in [1.165, 1.54) is 52.8 Å². The Kier molecular flexibility index (Phi) is 3.12. The molecule has 0 spiro atoms. The van der Waals surface area contributed by atoms with E-state index in [4.69, 9.17) is 9.41 Å². The van der Waals surface area contributed by atoms with Gasteiger partial charge in [0, 0.05) is 42.4 Å². The lowest BCUT2D eigenvalue weighted by Crippen LogP contribution is -2.29. The highest BCUT2D eigenvalue weighted by molar-refractivity contribution is 7.27. The summed E-state index contributed by atoms with van der Waals surface area (Å²) >= 11 is 1.85. The van der Waals surface area contributed by atoms with Gasteiger partial charge in [-0.05, 0) is 18.2 Å². The number of hydrogen-bond donors (Lipinski definition) is 1. The smallest absolute Gasteiger partial charge is 0.162 e. The van der Waals surface area contributed by atoms with Crippen molar-refractivity contribution in [3.05, 3.63) is 91.0 Å². The van der Waals surface area contributed by atoms with Crippen molar-refractivity contribution in [2.45, 2.75) is 6.04 Å². The second-order valence-electron chi connectivity index (χ2n) is 9.97. The van der Waals surface area contributed by atoms with Crippen LogP contribution in [0.4, 0.5) is 11.5 Å². The lowest BCUT2D eigenvalue weighted by atomic mass is 10.0. The van der Waals surface area contributed by atoms with Crippen molar-refractivity contribution in [3.8, 4) is 0 Å². The number of thiophene rings is 1. The van der Waals surface area contributed by atoms with E-state index in [9.17, 15) is 0 Å². The van der Waals surface area contributed by atoms with Crippen LogP contribution in [0.2, 0.25) is 0 Å². The lowest BCUT2D eigenvalue weighted by molar-refractivity contribution is 0.673. The number of allylic oxidation sites excluding steroid dienone is 2. The van der Waals surface area contributed by atoms with E-state index >= 15 is 0 Å². The van der Waals surface area contributed by atoms with E-state index in [-0.39, 0.29) is 6.04 Å². The monoisotopic (exact) mass is 491 g/mol. The van der Waals surface area contributed by atoms with Crippen molar-refractivity contribution in [1.29, 1.82) is 0 Å². The zero-order valence-corrected chi connectivity index (χ0v) is 20.3. The zero-order chi connectivity index (χ0) is 23.8. The first-order valence-corrected chi connectivity index (χ1v) is 13.3. The van der Waals surface area contributed by atoms with E-state index in [2.05, 4.69) is 101 Å². The first kappa shape index (κ1) is 18.6. The Morgan fingerprint density at radius 2 is 1.62 bits per heavy atom. The molecule has 0 fully saturated rings. The molecule has 4 aromatic carbocycles. The number of aliphatic imine (C=N–C) groups is 1. The summed E-state index contributed by atoms with van der Waals surface area (Å²) in [4.78, 5) is 5.26. The number of aromatic nitrogens is 1. The van der Waals surface area contributed by atoms with E-state index in [1.54, 1.807) is 0 Å². The lowest BCUT2D eigenvalue weighted by Gasteiger charge is -2.23. The van der Waals surface area contributed by atoms with Crippen molar-refractivity contribution >= 4 is 97.9 Å². The van der Waals surface area contributed by atoms with Gasteiger partial charge in [0.1, 0.15) is 11.2 Å². The second-order valence-corrected chi connectivity index (χ2v) is 11.0. The normalized spacial score (nSPS) is 17.1. The number of para-hydroxylation sites is 2. The van der Waals surface area contributed by atoms with Crippen LogP contribution in [0.1, 0.15) is 0 Å². The number of fused-ring (bicyclic) bond motifs is 16. The Bertz CT molecular complexity index is 2390. The maximum Gasteiger partial charge on any atom is 0.162 e. The summed E-state index contributed by atoms with van der Waals surface area (Å²) in [5, 5.41) is 12.3. The van der Waals surface area contributed by atoms with Gasteiger partial charge in [-0.25, -0.2) is 4.99 Å². The second kappa shape index (κ2) is 6.20. The maximum absolute atomic E-state index is 6.65. The average Bonchev–Trinajstić information content (AvgIpc) is 3.68. The van der Waals surface area contributed by atoms with E-state index in [0.29, 0.717) is 0 Å². The van der Waals surface area contributed by atoms with Crippen LogP contribution in [0, 0.1) is 0 Å². The van der Waals surface area contributed by atoms with Gasteiger partial charge in [-0.2, -0.15) is 0 Å². The van der Waals surface area contributed by atoms with Crippen molar-refractivity contribution in [2.75, 3.05) is 5.32 Å². The van der Waals surface area contributed by atoms with Crippen LogP contribution in [0.3, 0.4) is 0 Å². The molecule has 37 heavy (non-hydrogen) atoms. The molecule has 1 atom stereocenters. The van der Waals surface area contributed by atoms with Gasteiger partial charge in [0.05, 0.1) is 33.2 Å². The van der Waals surface area contributed by atoms with Crippen molar-refractivity contribution in [2.24, 2.45) is 4.99 Å². The molecule has 0 saturated heterocycles. The summed E-state index contributed by atoms with van der Waals surface area (Å²) in [7, 11) is 0. The number of anilines is 1. The summed E-state index contributed by atoms with van der Waals surface area (Å²) in [5.74, 6) is 0.985. The number of nitrogens with one attached hydrogen (secondary N) is 1. The fourth-order valence-corrected chi connectivity index (χ4v) is 7.89. The molecular formula is C32H17N3OS. The molecule has 5 heteroatoms. The molecule has 1 unspecified atom stereocenters. The highest BCUT2D eigenvalue weighted by atomic mass is 32.1. The van der Waals surface area contributed by atoms with Gasteiger partial charge in [0.2, 0.25) is 0 Å². The Hall–Kier alpha value is -4.61. The van der Waals surface area contributed by atoms with Gasteiger partial charge in [-0.15, -0.1) is 11.3 Å². The third kappa shape index (κ3) is 2.07. The third-order valence-corrected chi connectivity index (χ3v) is 9.29. The Morgan fingerprint density at radius 3 is 2.59 bits per heavy atom. The molecule has 5 heterocycles. The van der Waals surface area contributed by atoms with Gasteiger partial charge in [0.25, 0.3) is 0 Å². The SMILES string of the molecule is C1=CC2=Nc3c(c4cccc5c6c7c8ccccc8oc7c7c8ccccc8sc7c6n3c45)NC2C=C1. The fraction of sp³-hybridized carbons (Fsp3) is 0.0312. The number of nitrogens with zero attached hydrogens (tertiary/aromatic N) is 2. The van der Waals surface area contributed by atoms with Crippen LogP contribution in [0.15, 0.2) is 100 Å². The minimum absolute atomic E-state index is 0.101. The third-order valence-electron chi connectivity index (χ3n) is 8.11. The van der Waals surface area contributed by atoms with Crippen molar-refractivity contribution in [3.63, 3.8) is 0 Å². The van der Waals surface area contributed by atoms with E-state index in [0.717, 1.165) is 33.8 Å². The standard InChI is InChI=1S/C32H17N3OS/c1-5-14-22-16(8-1)25-24-18-10-7-11-19-27-32(34-21-13-4-3-12-20(21)33-27)35(28(18)19)29(24)31-26(30(25)36-22)17-9-2-6-15-23(17)37-31/h1-15,20,33H. The molecular weight excluding hydrogens is 474 g/mol. The molecule has 4 nitrogen and oxygen atoms in total. The first-order valence-electron chi connectivity index (χ1n) is 12.5.